The highest BCUT2D eigenvalue weighted by molar-refractivity contribution is 5.85. The van der Waals surface area contributed by atoms with Crippen LogP contribution in [0, 0.1) is 5.92 Å². The van der Waals surface area contributed by atoms with E-state index in [0.717, 1.165) is 19.3 Å². The SMILES string of the molecule is CC(C)(C)OCC(CO)CCCCN1C(=O)[C@H](COC(C)(C)C)NC1(C)C. The van der Waals surface area contributed by atoms with Gasteiger partial charge < -0.3 is 19.5 Å². The van der Waals surface area contributed by atoms with Crippen molar-refractivity contribution in [2.75, 3.05) is 26.4 Å². The second kappa shape index (κ2) is 9.68. The molecule has 0 bridgehead atoms. The average Bonchev–Trinajstić information content (AvgIpc) is 2.72. The molecule has 0 aromatic carbocycles. The standard InChI is InChI=1S/C21H42N2O4/c1-19(2,3)26-14-16(13-24)11-9-10-12-23-18(25)17(22-21(23,7)8)15-27-20(4,5)6/h16-17,22,24H,9-15H2,1-8H3/t16?,17-/m0/s1. The number of nitrogens with zero attached hydrogens (tertiary/aromatic N) is 1. The number of nitrogens with one attached hydrogen (secondary N) is 1. The molecule has 0 radical (unpaired) electrons. The smallest absolute Gasteiger partial charge is 0.243 e. The van der Waals surface area contributed by atoms with Crippen LogP contribution in [0.5, 0.6) is 0 Å². The van der Waals surface area contributed by atoms with E-state index in [-0.39, 0.29) is 41.3 Å². The number of carbonyl (C=O) groups is 1. The minimum atomic E-state index is -0.366. The van der Waals surface area contributed by atoms with Gasteiger partial charge in [0.05, 0.1) is 30.1 Å². The molecule has 0 aromatic rings. The number of hydrogen-bond donors (Lipinski definition) is 2. The summed E-state index contributed by atoms with van der Waals surface area (Å²) in [5, 5.41) is 12.9. The lowest BCUT2D eigenvalue weighted by molar-refractivity contribution is -0.133. The Kier molecular flexibility index (Phi) is 8.73. The number of unbranched alkanes of at least 4 members (excludes halogenated alkanes) is 1. The summed E-state index contributed by atoms with van der Waals surface area (Å²) in [5.74, 6) is 0.261. The number of ether oxygens (including phenoxy) is 2. The van der Waals surface area contributed by atoms with E-state index in [9.17, 15) is 9.90 Å². The van der Waals surface area contributed by atoms with E-state index in [1.165, 1.54) is 0 Å². The molecule has 1 amide bonds. The van der Waals surface area contributed by atoms with Crippen LogP contribution in [-0.4, -0.2) is 65.2 Å². The second-order valence-corrected chi connectivity index (χ2v) is 10.1. The van der Waals surface area contributed by atoms with Gasteiger partial charge in [-0.05, 0) is 68.2 Å². The highest BCUT2D eigenvalue weighted by atomic mass is 16.5. The lowest BCUT2D eigenvalue weighted by atomic mass is 10.0. The van der Waals surface area contributed by atoms with Crippen molar-refractivity contribution in [3.63, 3.8) is 0 Å². The Morgan fingerprint density at radius 1 is 1.11 bits per heavy atom. The number of carbonyl (C=O) groups excluding carboxylic acids is 1. The fourth-order valence-electron chi connectivity index (χ4n) is 3.16. The molecule has 0 aliphatic carbocycles. The van der Waals surface area contributed by atoms with Gasteiger partial charge in [0.15, 0.2) is 0 Å². The average molecular weight is 387 g/mol. The minimum Gasteiger partial charge on any atom is -0.396 e. The molecule has 1 heterocycles. The largest absolute Gasteiger partial charge is 0.396 e. The third-order valence-corrected chi connectivity index (χ3v) is 4.70. The van der Waals surface area contributed by atoms with E-state index in [2.05, 4.69) is 5.32 Å². The summed E-state index contributed by atoms with van der Waals surface area (Å²) < 4.78 is 11.6. The maximum Gasteiger partial charge on any atom is 0.243 e. The van der Waals surface area contributed by atoms with E-state index in [1.54, 1.807) is 0 Å². The van der Waals surface area contributed by atoms with Crippen molar-refractivity contribution in [1.29, 1.82) is 0 Å². The molecule has 6 nitrogen and oxygen atoms in total. The van der Waals surface area contributed by atoms with Gasteiger partial charge in [0.2, 0.25) is 5.91 Å². The zero-order valence-corrected chi connectivity index (χ0v) is 18.7. The van der Waals surface area contributed by atoms with Crippen LogP contribution in [0.3, 0.4) is 0 Å². The van der Waals surface area contributed by atoms with Crippen molar-refractivity contribution >= 4 is 5.91 Å². The normalized spacial score (nSPS) is 21.7. The van der Waals surface area contributed by atoms with E-state index in [0.29, 0.717) is 19.8 Å². The van der Waals surface area contributed by atoms with Crippen LogP contribution in [0.2, 0.25) is 0 Å². The molecular weight excluding hydrogens is 344 g/mol. The molecule has 1 fully saturated rings. The van der Waals surface area contributed by atoms with Gasteiger partial charge in [0.25, 0.3) is 0 Å². The Balaban J connectivity index is 2.43. The lowest BCUT2D eigenvalue weighted by Crippen LogP contribution is -2.48. The summed E-state index contributed by atoms with van der Waals surface area (Å²) in [6.07, 6.45) is 2.77. The van der Waals surface area contributed by atoms with Crippen LogP contribution in [0.25, 0.3) is 0 Å². The van der Waals surface area contributed by atoms with E-state index in [1.807, 2.05) is 60.3 Å². The number of rotatable bonds is 10. The number of aliphatic hydroxyl groups is 1. The van der Waals surface area contributed by atoms with Crippen LogP contribution in [0.1, 0.15) is 74.7 Å². The zero-order chi connectivity index (χ0) is 20.9. The maximum absolute atomic E-state index is 12.8. The van der Waals surface area contributed by atoms with Gasteiger partial charge in [-0.25, -0.2) is 0 Å². The van der Waals surface area contributed by atoms with Gasteiger partial charge >= 0.3 is 0 Å². The van der Waals surface area contributed by atoms with Crippen molar-refractivity contribution in [3.05, 3.63) is 0 Å². The summed E-state index contributed by atoms with van der Waals surface area (Å²) in [5.41, 5.74) is -0.808. The fourth-order valence-corrected chi connectivity index (χ4v) is 3.16. The van der Waals surface area contributed by atoms with Crippen molar-refractivity contribution in [1.82, 2.24) is 10.2 Å². The monoisotopic (exact) mass is 386 g/mol. The van der Waals surface area contributed by atoms with Gasteiger partial charge in [0.1, 0.15) is 6.04 Å². The topological polar surface area (TPSA) is 71.0 Å². The molecule has 6 heteroatoms. The first kappa shape index (κ1) is 24.3. The first-order valence-electron chi connectivity index (χ1n) is 10.2. The number of hydrogen-bond acceptors (Lipinski definition) is 5. The minimum absolute atomic E-state index is 0.110. The Morgan fingerprint density at radius 3 is 2.22 bits per heavy atom. The third-order valence-electron chi connectivity index (χ3n) is 4.70. The molecule has 2 atom stereocenters. The zero-order valence-electron chi connectivity index (χ0n) is 18.7. The van der Waals surface area contributed by atoms with Crippen molar-refractivity contribution < 1.29 is 19.4 Å². The molecule has 27 heavy (non-hydrogen) atoms. The Bertz CT molecular complexity index is 466. The quantitative estimate of drug-likeness (QED) is 0.565. The predicted octanol–water partition coefficient (Wildman–Crippen LogP) is 2.93. The Hall–Kier alpha value is -0.690. The Morgan fingerprint density at radius 2 is 1.70 bits per heavy atom. The predicted molar refractivity (Wildman–Crippen MR) is 109 cm³/mol. The van der Waals surface area contributed by atoms with Gasteiger partial charge in [-0.3, -0.25) is 10.1 Å². The summed E-state index contributed by atoms with van der Waals surface area (Å²) in [6.45, 7) is 17.9. The van der Waals surface area contributed by atoms with Crippen LogP contribution < -0.4 is 5.32 Å². The fraction of sp³-hybridized carbons (Fsp3) is 0.952. The van der Waals surface area contributed by atoms with Gasteiger partial charge in [0, 0.05) is 19.1 Å². The van der Waals surface area contributed by atoms with Crippen LogP contribution in [0.4, 0.5) is 0 Å². The van der Waals surface area contributed by atoms with Crippen LogP contribution in [-0.2, 0) is 14.3 Å². The molecule has 160 valence electrons. The summed E-state index contributed by atoms with van der Waals surface area (Å²) in [7, 11) is 0. The van der Waals surface area contributed by atoms with E-state index in [4.69, 9.17) is 9.47 Å². The Labute approximate surface area is 166 Å². The van der Waals surface area contributed by atoms with Crippen molar-refractivity contribution in [2.45, 2.75) is 97.6 Å². The van der Waals surface area contributed by atoms with E-state index >= 15 is 0 Å². The summed E-state index contributed by atoms with van der Waals surface area (Å²) in [4.78, 5) is 14.7. The number of amides is 1. The molecule has 0 saturated carbocycles. The third kappa shape index (κ3) is 8.90. The molecule has 2 N–H and O–H groups in total. The summed E-state index contributed by atoms with van der Waals surface area (Å²) >= 11 is 0. The molecule has 1 saturated heterocycles. The molecular formula is C21H42N2O4. The molecule has 1 unspecified atom stereocenters. The first-order chi connectivity index (χ1) is 12.2. The lowest BCUT2D eigenvalue weighted by Gasteiger charge is -2.31. The molecule has 0 spiro atoms. The van der Waals surface area contributed by atoms with E-state index < -0.39 is 0 Å². The summed E-state index contributed by atoms with van der Waals surface area (Å²) in [6, 6.07) is -0.287. The first-order valence-corrected chi connectivity index (χ1v) is 10.2. The van der Waals surface area contributed by atoms with Crippen LogP contribution >= 0.6 is 0 Å². The van der Waals surface area contributed by atoms with Crippen molar-refractivity contribution in [2.24, 2.45) is 5.92 Å². The van der Waals surface area contributed by atoms with Gasteiger partial charge in [-0.2, -0.15) is 0 Å². The highest BCUT2D eigenvalue weighted by Crippen LogP contribution is 2.23. The van der Waals surface area contributed by atoms with Crippen LogP contribution in [0.15, 0.2) is 0 Å². The second-order valence-electron chi connectivity index (χ2n) is 10.1. The molecule has 1 aliphatic heterocycles. The molecule has 1 rings (SSSR count). The highest BCUT2D eigenvalue weighted by Gasteiger charge is 2.44. The van der Waals surface area contributed by atoms with Crippen molar-refractivity contribution in [3.8, 4) is 0 Å². The maximum atomic E-state index is 12.8. The number of aliphatic hydroxyl groups excluding tert-OH is 1. The molecule has 0 aromatic heterocycles. The van der Waals surface area contributed by atoms with Gasteiger partial charge in [-0.15, -0.1) is 0 Å². The van der Waals surface area contributed by atoms with Gasteiger partial charge in [-0.1, -0.05) is 6.42 Å². The molecule has 1 aliphatic rings.